The zero-order chi connectivity index (χ0) is 13.7. The van der Waals surface area contributed by atoms with Gasteiger partial charge < -0.3 is 0 Å². The van der Waals surface area contributed by atoms with Gasteiger partial charge in [-0.15, -0.1) is 0 Å². The van der Waals surface area contributed by atoms with Crippen LogP contribution >= 0.6 is 11.6 Å². The number of halogens is 1. The van der Waals surface area contributed by atoms with E-state index in [0.717, 1.165) is 11.9 Å². The van der Waals surface area contributed by atoms with Crippen molar-refractivity contribution in [3.63, 3.8) is 0 Å². The molecule has 3 aliphatic rings. The van der Waals surface area contributed by atoms with Gasteiger partial charge in [0.1, 0.15) is 0 Å². The van der Waals surface area contributed by atoms with E-state index in [2.05, 4.69) is 0 Å². The first-order valence-electron chi connectivity index (χ1n) is 6.43. The molecule has 102 valence electrons. The van der Waals surface area contributed by atoms with Crippen LogP contribution in [0.2, 0.25) is 0 Å². The van der Waals surface area contributed by atoms with Crippen LogP contribution in [0.3, 0.4) is 0 Å². The molecule has 0 aromatic carbocycles. The van der Waals surface area contributed by atoms with Crippen molar-refractivity contribution in [1.29, 1.82) is 0 Å². The Labute approximate surface area is 118 Å². The van der Waals surface area contributed by atoms with Crippen molar-refractivity contribution in [2.24, 2.45) is 5.73 Å². The van der Waals surface area contributed by atoms with Gasteiger partial charge >= 0.3 is 118 Å². The Kier molecular flexibility index (Phi) is 3.04. The van der Waals surface area contributed by atoms with Gasteiger partial charge in [-0.1, -0.05) is 0 Å². The fourth-order valence-corrected chi connectivity index (χ4v) is 3.03. The van der Waals surface area contributed by atoms with Crippen LogP contribution in [0.5, 0.6) is 0 Å². The van der Waals surface area contributed by atoms with Gasteiger partial charge in [0.05, 0.1) is 0 Å². The molecule has 0 fully saturated rings. The molecule has 1 spiro atoms. The summed E-state index contributed by atoms with van der Waals surface area (Å²) in [4.78, 5) is 0. The van der Waals surface area contributed by atoms with Crippen molar-refractivity contribution in [1.82, 2.24) is 0 Å². The van der Waals surface area contributed by atoms with Crippen molar-refractivity contribution < 1.29 is 14.1 Å². The molecule has 0 aliphatic carbocycles. The minimum atomic E-state index is -0.629. The first-order valence-corrected chi connectivity index (χ1v) is 6.81. The third-order valence-corrected chi connectivity index (χ3v) is 4.17. The summed E-state index contributed by atoms with van der Waals surface area (Å²) in [5, 5.41) is 0.612. The molecule has 0 saturated heterocycles. The number of nitrogens with two attached hydrogens (primary N) is 1. The Bertz CT molecular complexity index is 488. The molecular weight excluding hydrogens is 264 g/mol. The van der Waals surface area contributed by atoms with Crippen LogP contribution in [-0.2, 0) is 14.1 Å². The van der Waals surface area contributed by atoms with Crippen molar-refractivity contribution >= 4 is 24.2 Å². The van der Waals surface area contributed by atoms with Crippen LogP contribution in [0.4, 0.5) is 0 Å². The topological polar surface area (TPSA) is 53.7 Å². The molecule has 0 radical (unpaired) electrons. The predicted octanol–water partition coefficient (Wildman–Crippen LogP) is 1.11. The second-order valence-corrected chi connectivity index (χ2v) is 6.18. The summed E-state index contributed by atoms with van der Waals surface area (Å²) in [6, 6.07) is 0. The van der Waals surface area contributed by atoms with E-state index in [0.29, 0.717) is 11.6 Å². The summed E-state index contributed by atoms with van der Waals surface area (Å²) < 4.78 is 17.7. The molecule has 3 aliphatic heterocycles. The van der Waals surface area contributed by atoms with E-state index in [4.69, 9.17) is 31.5 Å². The molecular formula is C13H17BClNO3. The SMILES string of the molecule is CC1(C)CC2OB=C3C=C(Cl)C(CN)OC32C=CO1. The average Bonchev–Trinajstić information content (AvgIpc) is 2.60. The van der Waals surface area contributed by atoms with Crippen molar-refractivity contribution in [3.05, 3.63) is 23.4 Å². The van der Waals surface area contributed by atoms with Gasteiger partial charge in [-0.05, 0) is 0 Å². The van der Waals surface area contributed by atoms with Gasteiger partial charge in [0.15, 0.2) is 0 Å². The normalized spacial score (nSPS) is 38.7. The van der Waals surface area contributed by atoms with E-state index in [-0.39, 0.29) is 17.8 Å². The molecule has 3 heterocycles. The summed E-state index contributed by atoms with van der Waals surface area (Å²) in [6.45, 7) is 4.41. The van der Waals surface area contributed by atoms with Crippen LogP contribution in [0.15, 0.2) is 23.4 Å². The summed E-state index contributed by atoms with van der Waals surface area (Å²) in [5.41, 5.74) is 5.72. The Balaban J connectivity index is 2.01. The minimum absolute atomic E-state index is 0.119. The summed E-state index contributed by atoms with van der Waals surface area (Å²) in [5.74, 6) is 0. The van der Waals surface area contributed by atoms with Crippen molar-refractivity contribution in [3.8, 4) is 0 Å². The van der Waals surface area contributed by atoms with E-state index in [1.807, 2.05) is 26.0 Å². The fraction of sp³-hybridized carbons (Fsp3) is 0.615. The zero-order valence-electron chi connectivity index (χ0n) is 11.1. The maximum atomic E-state index is 6.18. The van der Waals surface area contributed by atoms with Crippen LogP contribution in [-0.4, -0.2) is 42.5 Å². The summed E-state index contributed by atoms with van der Waals surface area (Å²) >= 11 is 6.18. The fourth-order valence-electron chi connectivity index (χ4n) is 2.78. The van der Waals surface area contributed by atoms with Crippen LogP contribution in [0, 0.1) is 0 Å². The second kappa shape index (κ2) is 4.37. The van der Waals surface area contributed by atoms with Crippen LogP contribution in [0.1, 0.15) is 20.3 Å². The third-order valence-electron chi connectivity index (χ3n) is 3.82. The van der Waals surface area contributed by atoms with Gasteiger partial charge in [-0.25, -0.2) is 0 Å². The molecule has 0 bridgehead atoms. The van der Waals surface area contributed by atoms with Gasteiger partial charge in [-0.2, -0.15) is 0 Å². The average molecular weight is 282 g/mol. The first-order chi connectivity index (χ1) is 8.97. The van der Waals surface area contributed by atoms with Gasteiger partial charge in [0.25, 0.3) is 0 Å². The molecule has 3 rings (SSSR count). The summed E-state index contributed by atoms with van der Waals surface area (Å²) in [6.07, 6.45) is 5.81. The molecule has 0 aromatic heterocycles. The van der Waals surface area contributed by atoms with Crippen LogP contribution < -0.4 is 5.73 Å². The van der Waals surface area contributed by atoms with Crippen molar-refractivity contribution in [2.45, 2.75) is 43.7 Å². The Hall–Kier alpha value is -0.775. The number of rotatable bonds is 1. The molecule has 3 unspecified atom stereocenters. The Morgan fingerprint density at radius 1 is 1.53 bits per heavy atom. The number of hydrogen-bond donors (Lipinski definition) is 1. The molecule has 4 nitrogen and oxygen atoms in total. The molecule has 0 amide bonds. The predicted molar refractivity (Wildman–Crippen MR) is 75.1 cm³/mol. The zero-order valence-corrected chi connectivity index (χ0v) is 11.8. The summed E-state index contributed by atoms with van der Waals surface area (Å²) in [7, 11) is 1.73. The van der Waals surface area contributed by atoms with E-state index in [1.54, 1.807) is 13.4 Å². The van der Waals surface area contributed by atoms with Gasteiger partial charge in [-0.3, -0.25) is 0 Å². The molecule has 0 saturated carbocycles. The van der Waals surface area contributed by atoms with E-state index < -0.39 is 5.60 Å². The standard InChI is InChI=1S/C13H17BClNO3/c1-12(2)6-11-13(3-4-17-12)10(14-19-11)5-8(15)9(7-16)18-13/h3-5,9,11H,6-7,16H2,1-2H3. The molecule has 6 heteroatoms. The number of ether oxygens (including phenoxy) is 2. The van der Waals surface area contributed by atoms with E-state index in [1.165, 1.54) is 0 Å². The third kappa shape index (κ3) is 2.04. The monoisotopic (exact) mass is 281 g/mol. The van der Waals surface area contributed by atoms with Gasteiger partial charge in [0.2, 0.25) is 0 Å². The van der Waals surface area contributed by atoms with Crippen LogP contribution in [0.25, 0.3) is 0 Å². The molecule has 2 N–H and O–H groups in total. The van der Waals surface area contributed by atoms with Gasteiger partial charge in [0, 0.05) is 0 Å². The Morgan fingerprint density at radius 2 is 2.32 bits per heavy atom. The van der Waals surface area contributed by atoms with Crippen molar-refractivity contribution in [2.75, 3.05) is 6.54 Å². The molecule has 19 heavy (non-hydrogen) atoms. The molecule has 3 atom stereocenters. The maximum absolute atomic E-state index is 6.18. The first kappa shape index (κ1) is 13.2. The van der Waals surface area contributed by atoms with E-state index in [9.17, 15) is 0 Å². The van der Waals surface area contributed by atoms with E-state index >= 15 is 0 Å². The quantitative estimate of drug-likeness (QED) is 0.732. The second-order valence-electron chi connectivity index (χ2n) is 5.75. The molecule has 0 aromatic rings. The Morgan fingerprint density at radius 3 is 3.05 bits per heavy atom. The number of hydrogen-bond acceptors (Lipinski definition) is 4.